The first-order valence-corrected chi connectivity index (χ1v) is 7.56. The lowest BCUT2D eigenvalue weighted by Gasteiger charge is -2.18. The molecule has 4 heteroatoms. The molecule has 1 aromatic carbocycles. The zero-order valence-corrected chi connectivity index (χ0v) is 13.7. The number of halogens is 1. The number of carbonyl (C=O) groups excluding carboxylic acids is 1. The van der Waals surface area contributed by atoms with E-state index in [2.05, 4.69) is 52.5 Å². The monoisotopic (exact) mass is 326 g/mol. The molecule has 0 aliphatic carbocycles. The Morgan fingerprint density at radius 1 is 1.37 bits per heavy atom. The Bertz CT molecular complexity index is 423. The highest BCUT2D eigenvalue weighted by atomic mass is 79.9. The van der Waals surface area contributed by atoms with Crippen LogP contribution in [0.25, 0.3) is 0 Å². The van der Waals surface area contributed by atoms with Gasteiger partial charge in [0.2, 0.25) is 5.91 Å². The largest absolute Gasteiger partial charge is 0.373 e. The molecule has 0 radical (unpaired) electrons. The average Bonchev–Trinajstić information content (AvgIpc) is 2.33. The SMILES string of the molecule is CCCCNC(=O)C(C)Nc1c(C)cc(C)cc1Br. The molecule has 0 fully saturated rings. The van der Waals surface area contributed by atoms with E-state index in [1.165, 1.54) is 5.56 Å². The Hall–Kier alpha value is -1.03. The van der Waals surface area contributed by atoms with E-state index >= 15 is 0 Å². The molecule has 1 aromatic rings. The second-order valence-corrected chi connectivity index (χ2v) is 5.80. The maximum atomic E-state index is 11.9. The third-order valence-corrected chi connectivity index (χ3v) is 3.64. The molecule has 0 saturated carbocycles. The molecule has 0 aromatic heterocycles. The van der Waals surface area contributed by atoms with Crippen LogP contribution in [0, 0.1) is 13.8 Å². The minimum absolute atomic E-state index is 0.0420. The molecule has 0 aliphatic heterocycles. The number of aryl methyl sites for hydroxylation is 2. The summed E-state index contributed by atoms with van der Waals surface area (Å²) in [6, 6.07) is 3.92. The van der Waals surface area contributed by atoms with Crippen molar-refractivity contribution in [3.8, 4) is 0 Å². The van der Waals surface area contributed by atoms with Crippen LogP contribution in [0.2, 0.25) is 0 Å². The van der Waals surface area contributed by atoms with Gasteiger partial charge in [0.1, 0.15) is 6.04 Å². The van der Waals surface area contributed by atoms with Gasteiger partial charge in [-0.1, -0.05) is 19.4 Å². The van der Waals surface area contributed by atoms with E-state index in [0.29, 0.717) is 0 Å². The number of hydrogen-bond acceptors (Lipinski definition) is 2. The van der Waals surface area contributed by atoms with Crippen molar-refractivity contribution in [2.45, 2.75) is 46.6 Å². The molecule has 19 heavy (non-hydrogen) atoms. The second-order valence-electron chi connectivity index (χ2n) is 4.95. The molecule has 1 rings (SSSR count). The number of anilines is 1. The van der Waals surface area contributed by atoms with Gasteiger partial charge in [0.05, 0.1) is 5.69 Å². The van der Waals surface area contributed by atoms with Crippen molar-refractivity contribution in [3.63, 3.8) is 0 Å². The molecule has 106 valence electrons. The summed E-state index contributed by atoms with van der Waals surface area (Å²) in [4.78, 5) is 11.9. The summed E-state index contributed by atoms with van der Waals surface area (Å²) in [7, 11) is 0. The molecule has 1 amide bonds. The maximum absolute atomic E-state index is 11.9. The Kier molecular flexibility index (Phi) is 6.35. The van der Waals surface area contributed by atoms with Crippen molar-refractivity contribution < 1.29 is 4.79 Å². The average molecular weight is 327 g/mol. The summed E-state index contributed by atoms with van der Waals surface area (Å²) in [5, 5.41) is 6.21. The van der Waals surface area contributed by atoms with Crippen molar-refractivity contribution in [3.05, 3.63) is 27.7 Å². The van der Waals surface area contributed by atoms with Crippen LogP contribution in [0.3, 0.4) is 0 Å². The highest BCUT2D eigenvalue weighted by Gasteiger charge is 2.14. The highest BCUT2D eigenvalue weighted by molar-refractivity contribution is 9.10. The van der Waals surface area contributed by atoms with Gasteiger partial charge in [0.25, 0.3) is 0 Å². The molecule has 0 heterocycles. The highest BCUT2D eigenvalue weighted by Crippen LogP contribution is 2.28. The quantitative estimate of drug-likeness (QED) is 0.781. The van der Waals surface area contributed by atoms with E-state index in [1.54, 1.807) is 0 Å². The van der Waals surface area contributed by atoms with Crippen molar-refractivity contribution in [2.24, 2.45) is 0 Å². The number of carbonyl (C=O) groups is 1. The van der Waals surface area contributed by atoms with E-state index in [9.17, 15) is 4.79 Å². The number of amides is 1. The molecular weight excluding hydrogens is 304 g/mol. The van der Waals surface area contributed by atoms with Crippen LogP contribution >= 0.6 is 15.9 Å². The van der Waals surface area contributed by atoms with Crippen molar-refractivity contribution in [2.75, 3.05) is 11.9 Å². The smallest absolute Gasteiger partial charge is 0.242 e. The Morgan fingerprint density at radius 3 is 2.63 bits per heavy atom. The fourth-order valence-electron chi connectivity index (χ4n) is 1.92. The fourth-order valence-corrected chi connectivity index (χ4v) is 2.71. The topological polar surface area (TPSA) is 41.1 Å². The summed E-state index contributed by atoms with van der Waals surface area (Å²) in [5.41, 5.74) is 3.33. The van der Waals surface area contributed by atoms with E-state index in [4.69, 9.17) is 0 Å². The summed E-state index contributed by atoms with van der Waals surface area (Å²) in [6.07, 6.45) is 2.11. The molecule has 1 atom stereocenters. The van der Waals surface area contributed by atoms with Gasteiger partial charge in [-0.2, -0.15) is 0 Å². The van der Waals surface area contributed by atoms with Crippen LogP contribution in [0.1, 0.15) is 37.8 Å². The predicted octanol–water partition coefficient (Wildman–Crippen LogP) is 3.78. The first-order chi connectivity index (χ1) is 8.95. The Balaban J connectivity index is 2.66. The molecular formula is C15H23BrN2O. The third-order valence-electron chi connectivity index (χ3n) is 3.02. The van der Waals surface area contributed by atoms with E-state index in [0.717, 1.165) is 35.1 Å². The predicted molar refractivity (Wildman–Crippen MR) is 84.6 cm³/mol. The van der Waals surface area contributed by atoms with Gasteiger partial charge in [-0.25, -0.2) is 0 Å². The molecule has 2 N–H and O–H groups in total. The van der Waals surface area contributed by atoms with Gasteiger partial charge in [-0.3, -0.25) is 4.79 Å². The standard InChI is InChI=1S/C15H23BrN2O/c1-5-6-7-17-15(19)12(4)18-14-11(3)8-10(2)9-13(14)16/h8-9,12,18H,5-7H2,1-4H3,(H,17,19). The van der Waals surface area contributed by atoms with Crippen LogP contribution in [0.15, 0.2) is 16.6 Å². The summed E-state index contributed by atoms with van der Waals surface area (Å²) in [6.45, 7) is 8.84. The minimum Gasteiger partial charge on any atom is -0.373 e. The van der Waals surface area contributed by atoms with Gasteiger partial charge < -0.3 is 10.6 Å². The summed E-state index contributed by atoms with van der Waals surface area (Å²) >= 11 is 3.55. The number of hydrogen-bond donors (Lipinski definition) is 2. The summed E-state index contributed by atoms with van der Waals surface area (Å²) < 4.78 is 0.998. The minimum atomic E-state index is -0.241. The van der Waals surface area contributed by atoms with Crippen LogP contribution in [-0.2, 0) is 4.79 Å². The first kappa shape index (κ1) is 16.0. The number of rotatable bonds is 6. The third kappa shape index (κ3) is 4.86. The van der Waals surface area contributed by atoms with E-state index in [-0.39, 0.29) is 11.9 Å². The zero-order valence-electron chi connectivity index (χ0n) is 12.1. The molecule has 0 saturated heterocycles. The Labute approximate surface area is 124 Å². The second kappa shape index (κ2) is 7.53. The lowest BCUT2D eigenvalue weighted by molar-refractivity contribution is -0.121. The molecule has 0 spiro atoms. The van der Waals surface area contributed by atoms with Crippen molar-refractivity contribution >= 4 is 27.5 Å². The van der Waals surface area contributed by atoms with Gasteiger partial charge in [0, 0.05) is 11.0 Å². The lowest BCUT2D eigenvalue weighted by atomic mass is 10.1. The van der Waals surface area contributed by atoms with Gasteiger partial charge in [0.15, 0.2) is 0 Å². The Morgan fingerprint density at radius 2 is 2.05 bits per heavy atom. The number of benzene rings is 1. The van der Waals surface area contributed by atoms with E-state index < -0.39 is 0 Å². The van der Waals surface area contributed by atoms with Gasteiger partial charge in [-0.15, -0.1) is 0 Å². The van der Waals surface area contributed by atoms with Crippen molar-refractivity contribution in [1.29, 1.82) is 0 Å². The molecule has 1 unspecified atom stereocenters. The van der Waals surface area contributed by atoms with E-state index in [1.807, 2.05) is 13.8 Å². The number of nitrogens with one attached hydrogen (secondary N) is 2. The van der Waals surface area contributed by atoms with Gasteiger partial charge in [-0.05, 0) is 60.3 Å². The fraction of sp³-hybridized carbons (Fsp3) is 0.533. The molecule has 0 aliphatic rings. The van der Waals surface area contributed by atoms with Gasteiger partial charge >= 0.3 is 0 Å². The van der Waals surface area contributed by atoms with Crippen LogP contribution in [0.5, 0.6) is 0 Å². The molecule has 3 nitrogen and oxygen atoms in total. The normalized spacial score (nSPS) is 12.1. The van der Waals surface area contributed by atoms with Crippen LogP contribution < -0.4 is 10.6 Å². The maximum Gasteiger partial charge on any atom is 0.242 e. The van der Waals surface area contributed by atoms with Crippen LogP contribution in [-0.4, -0.2) is 18.5 Å². The first-order valence-electron chi connectivity index (χ1n) is 6.76. The van der Waals surface area contributed by atoms with Crippen LogP contribution in [0.4, 0.5) is 5.69 Å². The number of unbranched alkanes of at least 4 members (excludes halogenated alkanes) is 1. The summed E-state index contributed by atoms with van der Waals surface area (Å²) in [5.74, 6) is 0.0420. The molecule has 0 bridgehead atoms. The lowest BCUT2D eigenvalue weighted by Crippen LogP contribution is -2.38. The zero-order chi connectivity index (χ0) is 14.4. The van der Waals surface area contributed by atoms with Crippen molar-refractivity contribution in [1.82, 2.24) is 5.32 Å².